The van der Waals surface area contributed by atoms with E-state index >= 15 is 0 Å². The third-order valence-corrected chi connectivity index (χ3v) is 4.41. The number of hydrogen-bond donors (Lipinski definition) is 0. The first-order valence-electron chi connectivity index (χ1n) is 7.14. The van der Waals surface area contributed by atoms with Gasteiger partial charge in [0.25, 0.3) is 0 Å². The van der Waals surface area contributed by atoms with Crippen LogP contribution in [0, 0.1) is 6.92 Å². The largest absolute Gasteiger partial charge is 0.292 e. The van der Waals surface area contributed by atoms with E-state index < -0.39 is 0 Å². The van der Waals surface area contributed by atoms with Crippen LogP contribution in [-0.2, 0) is 6.54 Å². The van der Waals surface area contributed by atoms with Gasteiger partial charge in [-0.2, -0.15) is 0 Å². The molecule has 1 fully saturated rings. The number of benzene rings is 1. The van der Waals surface area contributed by atoms with E-state index in [0.717, 1.165) is 18.7 Å². The first kappa shape index (κ1) is 13.6. The maximum Gasteiger partial charge on any atom is 0.131 e. The van der Waals surface area contributed by atoms with Crippen LogP contribution in [0.3, 0.4) is 0 Å². The summed E-state index contributed by atoms with van der Waals surface area (Å²) in [5.41, 5.74) is 3.73. The molecule has 1 saturated heterocycles. The smallest absolute Gasteiger partial charge is 0.131 e. The van der Waals surface area contributed by atoms with E-state index in [1.807, 2.05) is 13.1 Å². The second kappa shape index (κ2) is 5.94. The molecule has 0 N–H and O–H groups in total. The number of aryl methyl sites for hydroxylation is 1. The number of nitrogens with zero attached hydrogens (tertiary/aromatic N) is 2. The molecule has 0 saturated carbocycles. The van der Waals surface area contributed by atoms with Crippen LogP contribution in [0.1, 0.15) is 35.6 Å². The van der Waals surface area contributed by atoms with Gasteiger partial charge in [-0.1, -0.05) is 41.9 Å². The lowest BCUT2D eigenvalue weighted by Crippen LogP contribution is -2.22. The highest BCUT2D eigenvalue weighted by Gasteiger charge is 2.26. The zero-order valence-corrected chi connectivity index (χ0v) is 12.5. The molecule has 0 radical (unpaired) electrons. The van der Waals surface area contributed by atoms with Gasteiger partial charge in [0.2, 0.25) is 0 Å². The highest BCUT2D eigenvalue weighted by Crippen LogP contribution is 2.33. The molecule has 1 aromatic carbocycles. The quantitative estimate of drug-likeness (QED) is 0.779. The van der Waals surface area contributed by atoms with Crippen molar-refractivity contribution in [1.82, 2.24) is 9.88 Å². The van der Waals surface area contributed by atoms with Crippen LogP contribution in [-0.4, -0.2) is 16.4 Å². The Morgan fingerprint density at radius 1 is 1.30 bits per heavy atom. The first-order valence-corrected chi connectivity index (χ1v) is 7.52. The van der Waals surface area contributed by atoms with Crippen LogP contribution < -0.4 is 0 Å². The Morgan fingerprint density at radius 2 is 2.10 bits per heavy atom. The normalized spacial score (nSPS) is 19.4. The molecule has 0 amide bonds. The molecule has 0 unspecified atom stereocenters. The summed E-state index contributed by atoms with van der Waals surface area (Å²) in [7, 11) is 0. The number of likely N-dealkylation sites (tertiary alicyclic amines) is 1. The van der Waals surface area contributed by atoms with Gasteiger partial charge in [0.05, 0.1) is 0 Å². The average Bonchev–Trinajstić information content (AvgIpc) is 2.91. The highest BCUT2D eigenvalue weighted by molar-refractivity contribution is 6.30. The Bertz CT molecular complexity index is 583. The number of aromatic nitrogens is 1. The van der Waals surface area contributed by atoms with E-state index in [1.54, 1.807) is 0 Å². The van der Waals surface area contributed by atoms with Gasteiger partial charge in [-0.15, -0.1) is 0 Å². The van der Waals surface area contributed by atoms with Crippen molar-refractivity contribution < 1.29 is 0 Å². The third-order valence-electron chi connectivity index (χ3n) is 4.01. The molecule has 1 aliphatic rings. The van der Waals surface area contributed by atoms with Gasteiger partial charge < -0.3 is 0 Å². The van der Waals surface area contributed by atoms with Crippen molar-refractivity contribution in [3.63, 3.8) is 0 Å². The summed E-state index contributed by atoms with van der Waals surface area (Å²) >= 11 is 6.03. The SMILES string of the molecule is Cc1cc([C@H]2CCCN2Cc2ccccc2)cnc1Cl. The van der Waals surface area contributed by atoms with Crippen molar-refractivity contribution in [1.29, 1.82) is 0 Å². The van der Waals surface area contributed by atoms with Crippen molar-refractivity contribution >= 4 is 11.6 Å². The zero-order valence-electron chi connectivity index (χ0n) is 11.7. The predicted octanol–water partition coefficient (Wildman–Crippen LogP) is 4.38. The maximum atomic E-state index is 6.03. The molecule has 20 heavy (non-hydrogen) atoms. The minimum Gasteiger partial charge on any atom is -0.292 e. The van der Waals surface area contributed by atoms with E-state index in [9.17, 15) is 0 Å². The van der Waals surface area contributed by atoms with E-state index in [-0.39, 0.29) is 0 Å². The second-order valence-corrected chi connectivity index (χ2v) is 5.85. The van der Waals surface area contributed by atoms with Crippen molar-refractivity contribution in [2.45, 2.75) is 32.4 Å². The van der Waals surface area contributed by atoms with Crippen molar-refractivity contribution in [2.24, 2.45) is 0 Å². The average molecular weight is 287 g/mol. The molecular weight excluding hydrogens is 268 g/mol. The Hall–Kier alpha value is -1.38. The Balaban J connectivity index is 1.80. The lowest BCUT2D eigenvalue weighted by atomic mass is 10.0. The van der Waals surface area contributed by atoms with Gasteiger partial charge in [0.15, 0.2) is 0 Å². The van der Waals surface area contributed by atoms with Crippen molar-refractivity contribution in [3.8, 4) is 0 Å². The monoisotopic (exact) mass is 286 g/mol. The maximum absolute atomic E-state index is 6.03. The summed E-state index contributed by atoms with van der Waals surface area (Å²) < 4.78 is 0. The molecule has 2 nitrogen and oxygen atoms in total. The van der Waals surface area contributed by atoms with E-state index in [4.69, 9.17) is 11.6 Å². The molecule has 2 aromatic rings. The summed E-state index contributed by atoms with van der Waals surface area (Å²) in [4.78, 5) is 6.84. The summed E-state index contributed by atoms with van der Waals surface area (Å²) in [6.45, 7) is 4.18. The molecule has 0 spiro atoms. The van der Waals surface area contributed by atoms with Crippen LogP contribution in [0.4, 0.5) is 0 Å². The minimum absolute atomic E-state index is 0.471. The van der Waals surface area contributed by atoms with Crippen molar-refractivity contribution in [2.75, 3.05) is 6.54 Å². The first-order chi connectivity index (χ1) is 9.74. The summed E-state index contributed by atoms with van der Waals surface area (Å²) in [5.74, 6) is 0. The molecule has 3 rings (SSSR count). The van der Waals surface area contributed by atoms with Crippen LogP contribution in [0.2, 0.25) is 5.15 Å². The fraction of sp³-hybridized carbons (Fsp3) is 0.353. The second-order valence-electron chi connectivity index (χ2n) is 5.49. The van der Waals surface area contributed by atoms with E-state index in [2.05, 4.69) is 46.3 Å². The molecular formula is C17H19ClN2. The van der Waals surface area contributed by atoms with Crippen LogP contribution in [0.25, 0.3) is 0 Å². The Kier molecular flexibility index (Phi) is 4.04. The van der Waals surface area contributed by atoms with Gasteiger partial charge >= 0.3 is 0 Å². The summed E-state index contributed by atoms with van der Waals surface area (Å²) in [6.07, 6.45) is 4.39. The molecule has 2 heterocycles. The fourth-order valence-electron chi connectivity index (χ4n) is 2.97. The van der Waals surface area contributed by atoms with Gasteiger partial charge in [-0.05, 0) is 49.1 Å². The molecule has 0 aliphatic carbocycles. The standard InChI is InChI=1S/C17H19ClN2/c1-13-10-15(11-19-17(13)18)16-8-5-9-20(16)12-14-6-3-2-4-7-14/h2-4,6-7,10-11,16H,5,8-9,12H2,1H3/t16-/m1/s1. The Morgan fingerprint density at radius 3 is 2.85 bits per heavy atom. The lowest BCUT2D eigenvalue weighted by molar-refractivity contribution is 0.248. The molecule has 104 valence electrons. The van der Waals surface area contributed by atoms with Crippen molar-refractivity contribution in [3.05, 3.63) is 64.4 Å². The summed E-state index contributed by atoms with van der Waals surface area (Å²) in [6, 6.07) is 13.3. The number of hydrogen-bond acceptors (Lipinski definition) is 2. The Labute approximate surface area is 125 Å². The molecule has 3 heteroatoms. The molecule has 1 atom stereocenters. The zero-order chi connectivity index (χ0) is 13.9. The molecule has 1 aliphatic heterocycles. The predicted molar refractivity (Wildman–Crippen MR) is 82.8 cm³/mol. The lowest BCUT2D eigenvalue weighted by Gasteiger charge is -2.25. The van der Waals surface area contributed by atoms with Gasteiger partial charge in [0.1, 0.15) is 5.15 Å². The van der Waals surface area contributed by atoms with E-state index in [0.29, 0.717) is 11.2 Å². The van der Waals surface area contributed by atoms with Crippen LogP contribution in [0.15, 0.2) is 42.6 Å². The molecule has 1 aromatic heterocycles. The van der Waals surface area contributed by atoms with Gasteiger partial charge in [-0.3, -0.25) is 4.90 Å². The minimum atomic E-state index is 0.471. The van der Waals surface area contributed by atoms with Crippen LogP contribution >= 0.6 is 11.6 Å². The van der Waals surface area contributed by atoms with Crippen LogP contribution in [0.5, 0.6) is 0 Å². The third kappa shape index (κ3) is 2.87. The number of halogens is 1. The van der Waals surface area contributed by atoms with Gasteiger partial charge in [0, 0.05) is 18.8 Å². The van der Waals surface area contributed by atoms with E-state index in [1.165, 1.54) is 24.0 Å². The fourth-order valence-corrected chi connectivity index (χ4v) is 3.08. The topological polar surface area (TPSA) is 16.1 Å². The summed E-state index contributed by atoms with van der Waals surface area (Å²) in [5, 5.41) is 0.612. The van der Waals surface area contributed by atoms with Gasteiger partial charge in [-0.25, -0.2) is 4.98 Å². The molecule has 0 bridgehead atoms. The number of pyridine rings is 1. The number of rotatable bonds is 3. The highest BCUT2D eigenvalue weighted by atomic mass is 35.5.